The average Bonchev–Trinajstić information content (AvgIpc) is 2.47. The number of carbonyl (C=O) groups excluding carboxylic acids is 2. The summed E-state index contributed by atoms with van der Waals surface area (Å²) >= 11 is 0. The Labute approximate surface area is 113 Å². The van der Waals surface area contributed by atoms with Gasteiger partial charge in [-0.25, -0.2) is 0 Å². The molecule has 0 saturated carbocycles. The van der Waals surface area contributed by atoms with Gasteiger partial charge in [0.05, 0.1) is 5.92 Å². The Kier molecular flexibility index (Phi) is 3.36. The number of amides is 1. The number of ketones is 1. The lowest BCUT2D eigenvalue weighted by molar-refractivity contribution is -0.136. The van der Waals surface area contributed by atoms with E-state index >= 15 is 0 Å². The zero-order valence-corrected chi connectivity index (χ0v) is 11.1. The van der Waals surface area contributed by atoms with Crippen molar-refractivity contribution in [3.05, 3.63) is 35.4 Å². The zero-order chi connectivity index (χ0) is 13.2. The minimum atomic E-state index is 0.0122. The Morgan fingerprint density at radius 3 is 2.63 bits per heavy atom. The molecule has 0 N–H and O–H groups in total. The number of piperidine rings is 1. The first-order valence-corrected chi connectivity index (χ1v) is 7.14. The van der Waals surface area contributed by atoms with E-state index in [-0.39, 0.29) is 17.6 Å². The summed E-state index contributed by atoms with van der Waals surface area (Å²) in [6.45, 7) is 1.21. The first-order chi connectivity index (χ1) is 9.25. The number of hydrogen-bond donors (Lipinski definition) is 0. The number of fused-ring (bicyclic) bond motifs is 1. The summed E-state index contributed by atoms with van der Waals surface area (Å²) in [6, 6.07) is 8.29. The third-order valence-electron chi connectivity index (χ3n) is 4.30. The van der Waals surface area contributed by atoms with Crippen LogP contribution in [0.4, 0.5) is 0 Å². The topological polar surface area (TPSA) is 37.4 Å². The Hall–Kier alpha value is -1.64. The number of likely N-dealkylation sites (tertiary alicyclic amines) is 1. The van der Waals surface area contributed by atoms with Gasteiger partial charge < -0.3 is 4.90 Å². The highest BCUT2D eigenvalue weighted by molar-refractivity contribution is 5.87. The summed E-state index contributed by atoms with van der Waals surface area (Å²) in [5, 5.41) is 0. The molecule has 3 rings (SSSR count). The molecular weight excluding hydrogens is 238 g/mol. The van der Waals surface area contributed by atoms with Crippen molar-refractivity contribution < 1.29 is 9.59 Å². The van der Waals surface area contributed by atoms with Crippen LogP contribution < -0.4 is 0 Å². The van der Waals surface area contributed by atoms with Crippen LogP contribution in [0, 0.1) is 0 Å². The molecule has 19 heavy (non-hydrogen) atoms. The molecule has 100 valence electrons. The van der Waals surface area contributed by atoms with Crippen LogP contribution in [0.15, 0.2) is 24.3 Å². The second-order valence-corrected chi connectivity index (χ2v) is 5.51. The number of rotatable bonds is 1. The lowest BCUT2D eigenvalue weighted by Gasteiger charge is -2.32. The van der Waals surface area contributed by atoms with E-state index in [1.807, 2.05) is 17.0 Å². The van der Waals surface area contributed by atoms with Crippen molar-refractivity contribution in [1.82, 2.24) is 4.90 Å². The Morgan fingerprint density at radius 2 is 1.84 bits per heavy atom. The number of Topliss-reactive ketones (excluding diaryl/α,β-unsaturated/α-hetero) is 1. The fourth-order valence-electron chi connectivity index (χ4n) is 3.21. The molecule has 0 radical (unpaired) electrons. The van der Waals surface area contributed by atoms with Crippen molar-refractivity contribution in [3.8, 4) is 0 Å². The maximum atomic E-state index is 12.6. The third-order valence-corrected chi connectivity index (χ3v) is 4.30. The smallest absolute Gasteiger partial charge is 0.230 e. The molecule has 1 aromatic rings. The minimum Gasteiger partial charge on any atom is -0.341 e. The fraction of sp³-hybridized carbons (Fsp3) is 0.500. The van der Waals surface area contributed by atoms with Gasteiger partial charge in [0.25, 0.3) is 0 Å². The highest BCUT2D eigenvalue weighted by Gasteiger charge is 2.31. The van der Waals surface area contributed by atoms with E-state index in [1.165, 1.54) is 11.1 Å². The second kappa shape index (κ2) is 5.16. The van der Waals surface area contributed by atoms with Gasteiger partial charge >= 0.3 is 0 Å². The first kappa shape index (κ1) is 12.4. The van der Waals surface area contributed by atoms with Crippen LogP contribution in [0.3, 0.4) is 0 Å². The maximum Gasteiger partial charge on any atom is 0.230 e. The molecule has 0 aromatic heterocycles. The monoisotopic (exact) mass is 257 g/mol. The van der Waals surface area contributed by atoms with Gasteiger partial charge in [-0.15, -0.1) is 0 Å². The number of hydrogen-bond acceptors (Lipinski definition) is 2. The van der Waals surface area contributed by atoms with Gasteiger partial charge in [0.15, 0.2) is 0 Å². The molecule has 1 heterocycles. The molecule has 0 bridgehead atoms. The van der Waals surface area contributed by atoms with E-state index in [0.29, 0.717) is 25.9 Å². The number of aryl methyl sites for hydroxylation is 1. The van der Waals surface area contributed by atoms with Gasteiger partial charge in [0.2, 0.25) is 5.91 Å². The van der Waals surface area contributed by atoms with E-state index in [1.54, 1.807) is 0 Å². The Morgan fingerprint density at radius 1 is 1.11 bits per heavy atom. The molecule has 3 nitrogen and oxygen atoms in total. The summed E-state index contributed by atoms with van der Waals surface area (Å²) in [5.41, 5.74) is 2.52. The average molecular weight is 257 g/mol. The lowest BCUT2D eigenvalue weighted by Crippen LogP contribution is -2.41. The van der Waals surface area contributed by atoms with Crippen LogP contribution in [0.5, 0.6) is 0 Å². The molecule has 0 spiro atoms. The van der Waals surface area contributed by atoms with E-state index in [0.717, 1.165) is 19.3 Å². The summed E-state index contributed by atoms with van der Waals surface area (Å²) < 4.78 is 0. The van der Waals surface area contributed by atoms with Crippen molar-refractivity contribution in [1.29, 1.82) is 0 Å². The normalized spacial score (nSPS) is 23.1. The van der Waals surface area contributed by atoms with Crippen LogP contribution in [-0.2, 0) is 16.0 Å². The van der Waals surface area contributed by atoms with E-state index in [9.17, 15) is 9.59 Å². The predicted molar refractivity (Wildman–Crippen MR) is 72.9 cm³/mol. The van der Waals surface area contributed by atoms with Crippen LogP contribution >= 0.6 is 0 Å². The van der Waals surface area contributed by atoms with Crippen molar-refractivity contribution in [3.63, 3.8) is 0 Å². The van der Waals surface area contributed by atoms with Gasteiger partial charge in [-0.2, -0.15) is 0 Å². The first-order valence-electron chi connectivity index (χ1n) is 7.14. The fourth-order valence-corrected chi connectivity index (χ4v) is 3.21. The maximum absolute atomic E-state index is 12.6. The molecule has 1 saturated heterocycles. The SMILES string of the molecule is O=C1CCN(C(=O)C2CCCc3ccccc32)CC1. The molecule has 1 unspecified atom stereocenters. The summed E-state index contributed by atoms with van der Waals surface area (Å²) in [4.78, 5) is 25.8. The summed E-state index contributed by atoms with van der Waals surface area (Å²) in [5.74, 6) is 0.519. The highest BCUT2D eigenvalue weighted by Crippen LogP contribution is 2.33. The highest BCUT2D eigenvalue weighted by atomic mass is 16.2. The van der Waals surface area contributed by atoms with Gasteiger partial charge in [-0.1, -0.05) is 24.3 Å². The second-order valence-electron chi connectivity index (χ2n) is 5.51. The molecule has 1 aromatic carbocycles. The van der Waals surface area contributed by atoms with Crippen LogP contribution in [0.2, 0.25) is 0 Å². The number of nitrogens with zero attached hydrogens (tertiary/aromatic N) is 1. The van der Waals surface area contributed by atoms with E-state index in [2.05, 4.69) is 12.1 Å². The zero-order valence-electron chi connectivity index (χ0n) is 11.1. The van der Waals surface area contributed by atoms with Gasteiger partial charge in [0, 0.05) is 25.9 Å². The molecule has 1 amide bonds. The lowest BCUT2D eigenvalue weighted by atomic mass is 9.82. The molecular formula is C16H19NO2. The standard InChI is InChI=1S/C16H19NO2/c18-13-8-10-17(11-9-13)16(19)15-7-3-5-12-4-1-2-6-14(12)15/h1-2,4,6,15H,3,5,7-11H2. The van der Waals surface area contributed by atoms with Crippen molar-refractivity contribution in [2.24, 2.45) is 0 Å². The third kappa shape index (κ3) is 2.42. The molecule has 1 fully saturated rings. The van der Waals surface area contributed by atoms with Gasteiger partial charge in [0.1, 0.15) is 5.78 Å². The van der Waals surface area contributed by atoms with Gasteiger partial charge in [-0.3, -0.25) is 9.59 Å². The quantitative estimate of drug-likeness (QED) is 0.774. The number of carbonyl (C=O) groups is 2. The Balaban J connectivity index is 1.79. The summed E-state index contributed by atoms with van der Waals surface area (Å²) in [7, 11) is 0. The molecule has 1 atom stereocenters. The van der Waals surface area contributed by atoms with Crippen LogP contribution in [0.25, 0.3) is 0 Å². The van der Waals surface area contributed by atoms with Crippen molar-refractivity contribution >= 4 is 11.7 Å². The Bertz CT molecular complexity index is 499. The molecule has 1 aliphatic carbocycles. The number of benzene rings is 1. The van der Waals surface area contributed by atoms with E-state index < -0.39 is 0 Å². The van der Waals surface area contributed by atoms with E-state index in [4.69, 9.17) is 0 Å². The van der Waals surface area contributed by atoms with Crippen LogP contribution in [-0.4, -0.2) is 29.7 Å². The van der Waals surface area contributed by atoms with Crippen molar-refractivity contribution in [2.45, 2.75) is 38.0 Å². The largest absolute Gasteiger partial charge is 0.341 e. The minimum absolute atomic E-state index is 0.0122. The van der Waals surface area contributed by atoms with Gasteiger partial charge in [-0.05, 0) is 30.4 Å². The summed E-state index contributed by atoms with van der Waals surface area (Å²) in [6.07, 6.45) is 4.17. The molecule has 3 heteroatoms. The molecule has 2 aliphatic rings. The molecule has 1 aliphatic heterocycles. The van der Waals surface area contributed by atoms with Crippen molar-refractivity contribution in [2.75, 3.05) is 13.1 Å². The van der Waals surface area contributed by atoms with Crippen LogP contribution in [0.1, 0.15) is 42.7 Å². The predicted octanol–water partition coefficient (Wildman–Crippen LogP) is 2.30.